The van der Waals surface area contributed by atoms with Crippen molar-refractivity contribution in [1.29, 1.82) is 0 Å². The molecular formula is C12H12ClNO. The number of pyridine rings is 1. The van der Waals surface area contributed by atoms with E-state index in [9.17, 15) is 0 Å². The van der Waals surface area contributed by atoms with Gasteiger partial charge in [0.1, 0.15) is 10.9 Å². The van der Waals surface area contributed by atoms with Crippen molar-refractivity contribution in [3.63, 3.8) is 0 Å². The molecule has 15 heavy (non-hydrogen) atoms. The van der Waals surface area contributed by atoms with Gasteiger partial charge in [-0.15, -0.1) is 0 Å². The molecule has 0 atom stereocenters. The van der Waals surface area contributed by atoms with Crippen LogP contribution < -0.4 is 4.74 Å². The highest BCUT2D eigenvalue weighted by atomic mass is 35.5. The van der Waals surface area contributed by atoms with Crippen LogP contribution in [-0.4, -0.2) is 12.1 Å². The third kappa shape index (κ3) is 1.65. The number of rotatable bonds is 1. The Balaban J connectivity index is 2.93. The first kappa shape index (κ1) is 10.2. The molecule has 0 bridgehead atoms. The second-order valence-corrected chi connectivity index (χ2v) is 3.92. The van der Waals surface area contributed by atoms with Crippen LogP contribution in [0, 0.1) is 13.8 Å². The Morgan fingerprint density at radius 3 is 2.67 bits per heavy atom. The van der Waals surface area contributed by atoms with Gasteiger partial charge in [-0.25, -0.2) is 4.98 Å². The van der Waals surface area contributed by atoms with Crippen molar-refractivity contribution in [2.45, 2.75) is 13.8 Å². The molecule has 0 radical (unpaired) electrons. The zero-order chi connectivity index (χ0) is 11.0. The first-order chi connectivity index (χ1) is 7.13. The predicted octanol–water partition coefficient (Wildman–Crippen LogP) is 3.51. The highest BCUT2D eigenvalue weighted by Gasteiger charge is 2.09. The average Bonchev–Trinajstić information content (AvgIpc) is 2.17. The summed E-state index contributed by atoms with van der Waals surface area (Å²) in [6, 6.07) is 5.94. The number of halogens is 1. The van der Waals surface area contributed by atoms with Gasteiger partial charge in [0.2, 0.25) is 0 Å². The second-order valence-electron chi connectivity index (χ2n) is 3.56. The van der Waals surface area contributed by atoms with E-state index in [4.69, 9.17) is 16.3 Å². The van der Waals surface area contributed by atoms with Crippen LogP contribution in [-0.2, 0) is 0 Å². The van der Waals surface area contributed by atoms with Crippen molar-refractivity contribution in [3.8, 4) is 5.75 Å². The maximum atomic E-state index is 6.13. The summed E-state index contributed by atoms with van der Waals surface area (Å²) in [6.45, 7) is 3.94. The molecule has 0 saturated heterocycles. The summed E-state index contributed by atoms with van der Waals surface area (Å²) in [5, 5.41) is 2.54. The van der Waals surface area contributed by atoms with E-state index in [1.165, 1.54) is 0 Å². The normalized spacial score (nSPS) is 10.7. The van der Waals surface area contributed by atoms with Crippen molar-refractivity contribution < 1.29 is 4.74 Å². The number of benzene rings is 1. The van der Waals surface area contributed by atoms with Crippen molar-refractivity contribution in [3.05, 3.63) is 34.6 Å². The fourth-order valence-electron chi connectivity index (χ4n) is 1.76. The minimum Gasteiger partial charge on any atom is -0.496 e. The molecule has 0 aliphatic carbocycles. The van der Waals surface area contributed by atoms with E-state index in [0.29, 0.717) is 5.15 Å². The van der Waals surface area contributed by atoms with E-state index in [-0.39, 0.29) is 0 Å². The molecule has 0 amide bonds. The van der Waals surface area contributed by atoms with Gasteiger partial charge in [-0.2, -0.15) is 0 Å². The molecule has 0 aliphatic heterocycles. The van der Waals surface area contributed by atoms with Gasteiger partial charge in [0, 0.05) is 16.5 Å². The Labute approximate surface area is 93.8 Å². The highest BCUT2D eigenvalue weighted by molar-refractivity contribution is 6.34. The lowest BCUT2D eigenvalue weighted by Gasteiger charge is -2.09. The van der Waals surface area contributed by atoms with Crippen LogP contribution in [0.25, 0.3) is 10.8 Å². The zero-order valence-electron chi connectivity index (χ0n) is 8.97. The monoisotopic (exact) mass is 221 g/mol. The van der Waals surface area contributed by atoms with Gasteiger partial charge in [-0.1, -0.05) is 17.7 Å². The molecule has 78 valence electrons. The lowest BCUT2D eigenvalue weighted by Crippen LogP contribution is -1.91. The van der Waals surface area contributed by atoms with E-state index in [1.807, 2.05) is 32.0 Å². The van der Waals surface area contributed by atoms with Crippen molar-refractivity contribution in [2.24, 2.45) is 0 Å². The standard InChI is InChI=1S/C12H12ClNO/c1-7-4-5-10(15-3)9-6-8(2)14-12(13)11(7)9/h4-6H,1-3H3. The van der Waals surface area contributed by atoms with Crippen molar-refractivity contribution in [1.82, 2.24) is 4.98 Å². The van der Waals surface area contributed by atoms with Gasteiger partial charge >= 0.3 is 0 Å². The third-order valence-corrected chi connectivity index (χ3v) is 2.74. The van der Waals surface area contributed by atoms with E-state index >= 15 is 0 Å². The molecule has 0 aliphatic rings. The van der Waals surface area contributed by atoms with Crippen LogP contribution in [0.2, 0.25) is 5.15 Å². The SMILES string of the molecule is COc1ccc(C)c2c(Cl)nc(C)cc12. The number of hydrogen-bond donors (Lipinski definition) is 0. The van der Waals surface area contributed by atoms with Gasteiger partial charge < -0.3 is 4.74 Å². The number of nitrogens with zero attached hydrogens (tertiary/aromatic N) is 1. The Morgan fingerprint density at radius 2 is 2.00 bits per heavy atom. The number of ether oxygens (including phenoxy) is 1. The van der Waals surface area contributed by atoms with Crippen LogP contribution in [0.5, 0.6) is 5.75 Å². The Hall–Kier alpha value is -1.28. The highest BCUT2D eigenvalue weighted by Crippen LogP contribution is 2.32. The minimum atomic E-state index is 0.543. The molecule has 0 fully saturated rings. The minimum absolute atomic E-state index is 0.543. The summed E-state index contributed by atoms with van der Waals surface area (Å²) in [5.41, 5.74) is 2.01. The Kier molecular flexibility index (Phi) is 2.53. The predicted molar refractivity (Wildman–Crippen MR) is 62.8 cm³/mol. The van der Waals surface area contributed by atoms with E-state index in [1.54, 1.807) is 7.11 Å². The molecule has 1 heterocycles. The van der Waals surface area contributed by atoms with Gasteiger partial charge in [0.15, 0.2) is 0 Å². The topological polar surface area (TPSA) is 22.1 Å². The van der Waals surface area contributed by atoms with Crippen molar-refractivity contribution in [2.75, 3.05) is 7.11 Å². The first-order valence-corrected chi connectivity index (χ1v) is 5.11. The van der Waals surface area contributed by atoms with Gasteiger partial charge in [0.05, 0.1) is 7.11 Å². The maximum Gasteiger partial charge on any atom is 0.137 e. The molecule has 3 heteroatoms. The number of aromatic nitrogens is 1. The zero-order valence-corrected chi connectivity index (χ0v) is 9.72. The first-order valence-electron chi connectivity index (χ1n) is 4.74. The molecule has 0 unspecified atom stereocenters. The largest absolute Gasteiger partial charge is 0.496 e. The molecule has 0 spiro atoms. The molecule has 1 aromatic carbocycles. The summed E-state index contributed by atoms with van der Waals surface area (Å²) < 4.78 is 5.31. The summed E-state index contributed by atoms with van der Waals surface area (Å²) in [5.74, 6) is 0.836. The fraction of sp³-hybridized carbons (Fsp3) is 0.250. The summed E-state index contributed by atoms with van der Waals surface area (Å²) in [7, 11) is 1.66. The average molecular weight is 222 g/mol. The summed E-state index contributed by atoms with van der Waals surface area (Å²) >= 11 is 6.13. The van der Waals surface area contributed by atoms with E-state index in [2.05, 4.69) is 4.98 Å². The summed E-state index contributed by atoms with van der Waals surface area (Å²) in [4.78, 5) is 4.25. The van der Waals surface area contributed by atoms with Crippen LogP contribution in [0.15, 0.2) is 18.2 Å². The van der Waals surface area contributed by atoms with Crippen LogP contribution in [0.1, 0.15) is 11.3 Å². The maximum absolute atomic E-state index is 6.13. The number of methoxy groups -OCH3 is 1. The lowest BCUT2D eigenvalue weighted by atomic mass is 10.1. The quantitative estimate of drug-likeness (QED) is 0.688. The van der Waals surface area contributed by atoms with E-state index in [0.717, 1.165) is 27.8 Å². The van der Waals surface area contributed by atoms with Crippen LogP contribution in [0.4, 0.5) is 0 Å². The van der Waals surface area contributed by atoms with Crippen molar-refractivity contribution >= 4 is 22.4 Å². The smallest absolute Gasteiger partial charge is 0.137 e. The van der Waals surface area contributed by atoms with Gasteiger partial charge in [0.25, 0.3) is 0 Å². The van der Waals surface area contributed by atoms with Crippen LogP contribution >= 0.6 is 11.6 Å². The number of hydrogen-bond acceptors (Lipinski definition) is 2. The second kappa shape index (κ2) is 3.70. The van der Waals surface area contributed by atoms with Gasteiger partial charge in [-0.05, 0) is 31.5 Å². The Morgan fingerprint density at radius 1 is 1.27 bits per heavy atom. The number of fused-ring (bicyclic) bond motifs is 1. The molecule has 2 aromatic rings. The molecular weight excluding hydrogens is 210 g/mol. The molecule has 2 nitrogen and oxygen atoms in total. The van der Waals surface area contributed by atoms with E-state index < -0.39 is 0 Å². The number of aryl methyl sites for hydroxylation is 2. The summed E-state index contributed by atoms with van der Waals surface area (Å²) in [6.07, 6.45) is 0. The molecule has 1 aromatic heterocycles. The Bertz CT molecular complexity index is 523. The third-order valence-electron chi connectivity index (χ3n) is 2.47. The molecule has 0 N–H and O–H groups in total. The lowest BCUT2D eigenvalue weighted by molar-refractivity contribution is 0.419. The fourth-order valence-corrected chi connectivity index (χ4v) is 2.14. The molecule has 0 saturated carbocycles. The van der Waals surface area contributed by atoms with Gasteiger partial charge in [-0.3, -0.25) is 0 Å². The van der Waals surface area contributed by atoms with Crippen LogP contribution in [0.3, 0.4) is 0 Å². The molecule has 2 rings (SSSR count).